The van der Waals surface area contributed by atoms with Crippen molar-refractivity contribution in [1.82, 2.24) is 0 Å². The fraction of sp³-hybridized carbons (Fsp3) is 0.448. The van der Waals surface area contributed by atoms with Gasteiger partial charge in [-0.25, -0.2) is 0 Å². The molecule has 3 rings (SSSR count). The van der Waals surface area contributed by atoms with Crippen molar-refractivity contribution in [3.8, 4) is 11.8 Å². The number of hydrogen-bond acceptors (Lipinski definition) is 0. The van der Waals surface area contributed by atoms with E-state index in [9.17, 15) is 0 Å². The first-order chi connectivity index (χ1) is 14.3. The monoisotopic (exact) mass is 384 g/mol. The average Bonchev–Trinajstić information content (AvgIpc) is 2.78. The van der Waals surface area contributed by atoms with Crippen molar-refractivity contribution in [2.24, 2.45) is 5.92 Å². The zero-order valence-electron chi connectivity index (χ0n) is 18.3. The maximum Gasteiger partial charge on any atom is 0.0249 e. The smallest absolute Gasteiger partial charge is 0.0249 e. The minimum atomic E-state index is 0.691. The zero-order valence-corrected chi connectivity index (χ0v) is 18.3. The molecule has 2 aromatic carbocycles. The van der Waals surface area contributed by atoms with Crippen LogP contribution in [-0.2, 0) is 12.8 Å². The van der Waals surface area contributed by atoms with Crippen molar-refractivity contribution in [1.29, 1.82) is 0 Å². The largest absolute Gasteiger partial charge is 0.0730 e. The highest BCUT2D eigenvalue weighted by molar-refractivity contribution is 5.38. The van der Waals surface area contributed by atoms with Crippen LogP contribution in [0.15, 0.2) is 60.7 Å². The van der Waals surface area contributed by atoms with Crippen molar-refractivity contribution in [3.63, 3.8) is 0 Å². The van der Waals surface area contributed by atoms with E-state index in [2.05, 4.69) is 86.4 Å². The van der Waals surface area contributed by atoms with Crippen molar-refractivity contribution in [3.05, 3.63) is 82.9 Å². The molecule has 0 unspecified atom stereocenters. The molecule has 0 atom stereocenters. The maximum atomic E-state index is 3.29. The number of rotatable bonds is 7. The van der Waals surface area contributed by atoms with Crippen molar-refractivity contribution < 1.29 is 0 Å². The van der Waals surface area contributed by atoms with Crippen LogP contribution >= 0.6 is 0 Å². The van der Waals surface area contributed by atoms with E-state index in [-0.39, 0.29) is 0 Å². The molecule has 0 N–H and O–H groups in total. The molecule has 0 bridgehead atoms. The SMILES string of the molecule is CCCCCc1ccc(C#CC=C[C@H]2CC[C@H](c3ccc(CC)cc3)CC2)cc1. The molecular formula is C29H36. The van der Waals surface area contributed by atoms with E-state index in [0.29, 0.717) is 5.92 Å². The van der Waals surface area contributed by atoms with Crippen molar-refractivity contribution in [2.45, 2.75) is 77.6 Å². The number of hydrogen-bond donors (Lipinski definition) is 0. The normalized spacial score (nSPS) is 19.1. The summed E-state index contributed by atoms with van der Waals surface area (Å²) in [5.41, 5.74) is 5.52. The van der Waals surface area contributed by atoms with Crippen molar-refractivity contribution in [2.75, 3.05) is 0 Å². The number of aryl methyl sites for hydroxylation is 2. The zero-order chi connectivity index (χ0) is 20.3. The second-order valence-corrected chi connectivity index (χ2v) is 8.49. The lowest BCUT2D eigenvalue weighted by Gasteiger charge is -2.27. The Kier molecular flexibility index (Phi) is 8.63. The summed E-state index contributed by atoms with van der Waals surface area (Å²) in [6.45, 7) is 4.47. The van der Waals surface area contributed by atoms with Gasteiger partial charge >= 0.3 is 0 Å². The molecule has 1 saturated carbocycles. The number of benzene rings is 2. The quantitative estimate of drug-likeness (QED) is 0.336. The lowest BCUT2D eigenvalue weighted by molar-refractivity contribution is 0.376. The molecule has 1 aliphatic rings. The molecule has 29 heavy (non-hydrogen) atoms. The summed E-state index contributed by atoms with van der Waals surface area (Å²) < 4.78 is 0. The molecule has 0 heterocycles. The van der Waals surface area contributed by atoms with Crippen LogP contribution < -0.4 is 0 Å². The standard InChI is InChI=1S/C29H36/c1-3-5-6-9-25-12-14-26(15-13-25)10-7-8-11-27-18-22-29(23-19-27)28-20-16-24(4-2)17-21-28/h8,11-17,20-21,27,29H,3-6,9,18-19,22-23H2,1-2H3/t27-,29-. The lowest BCUT2D eigenvalue weighted by Crippen LogP contribution is -2.11. The van der Waals surface area contributed by atoms with Gasteiger partial charge in [-0.3, -0.25) is 0 Å². The van der Waals surface area contributed by atoms with Crippen LogP contribution in [0.25, 0.3) is 0 Å². The van der Waals surface area contributed by atoms with Crippen LogP contribution in [0.2, 0.25) is 0 Å². The van der Waals surface area contributed by atoms with Gasteiger partial charge < -0.3 is 0 Å². The van der Waals surface area contributed by atoms with Crippen LogP contribution in [0, 0.1) is 17.8 Å². The topological polar surface area (TPSA) is 0 Å². The number of unbranched alkanes of at least 4 members (excludes halogenated alkanes) is 2. The highest BCUT2D eigenvalue weighted by Crippen LogP contribution is 2.36. The molecular weight excluding hydrogens is 348 g/mol. The Balaban J connectivity index is 1.43. The van der Waals surface area contributed by atoms with Gasteiger partial charge in [0.15, 0.2) is 0 Å². The Bertz CT molecular complexity index is 803. The summed E-state index contributed by atoms with van der Waals surface area (Å²) in [5, 5.41) is 0. The molecule has 0 aromatic heterocycles. The van der Waals surface area contributed by atoms with Crippen LogP contribution in [0.4, 0.5) is 0 Å². The Hall–Kier alpha value is -2.26. The van der Waals surface area contributed by atoms with Gasteiger partial charge in [-0.2, -0.15) is 0 Å². The third kappa shape index (κ3) is 6.93. The van der Waals surface area contributed by atoms with Crippen LogP contribution in [0.3, 0.4) is 0 Å². The fourth-order valence-corrected chi connectivity index (χ4v) is 4.31. The van der Waals surface area contributed by atoms with Crippen LogP contribution in [-0.4, -0.2) is 0 Å². The Morgan fingerprint density at radius 3 is 2.17 bits per heavy atom. The fourth-order valence-electron chi connectivity index (χ4n) is 4.31. The first kappa shape index (κ1) is 21.4. The third-order valence-corrected chi connectivity index (χ3v) is 6.32. The summed E-state index contributed by atoms with van der Waals surface area (Å²) in [6.07, 6.45) is 15.8. The first-order valence-corrected chi connectivity index (χ1v) is 11.6. The highest BCUT2D eigenvalue weighted by atomic mass is 14.2. The van der Waals surface area contributed by atoms with Crippen molar-refractivity contribution >= 4 is 0 Å². The second kappa shape index (κ2) is 11.7. The van der Waals surface area contributed by atoms with Gasteiger partial charge in [-0.05, 0) is 91.7 Å². The molecule has 0 nitrogen and oxygen atoms in total. The highest BCUT2D eigenvalue weighted by Gasteiger charge is 2.20. The molecule has 1 aliphatic carbocycles. The van der Waals surface area contributed by atoms with E-state index < -0.39 is 0 Å². The Morgan fingerprint density at radius 2 is 1.52 bits per heavy atom. The predicted octanol–water partition coefficient (Wildman–Crippen LogP) is 7.86. The van der Waals surface area contributed by atoms with E-state index in [1.165, 1.54) is 68.1 Å². The maximum absolute atomic E-state index is 3.29. The van der Waals surface area contributed by atoms with E-state index >= 15 is 0 Å². The molecule has 152 valence electrons. The average molecular weight is 385 g/mol. The molecule has 0 aliphatic heterocycles. The van der Waals surface area contributed by atoms with Gasteiger partial charge in [0.25, 0.3) is 0 Å². The minimum absolute atomic E-state index is 0.691. The molecule has 1 fully saturated rings. The van der Waals surface area contributed by atoms with E-state index in [4.69, 9.17) is 0 Å². The van der Waals surface area contributed by atoms with Crippen LogP contribution in [0.1, 0.15) is 87.0 Å². The van der Waals surface area contributed by atoms with Gasteiger partial charge in [0, 0.05) is 5.56 Å². The molecule has 0 amide bonds. The summed E-state index contributed by atoms with van der Waals surface area (Å²) >= 11 is 0. The van der Waals surface area contributed by atoms with E-state index in [1.54, 1.807) is 0 Å². The van der Waals surface area contributed by atoms with Gasteiger partial charge in [0.2, 0.25) is 0 Å². The Labute approximate surface area is 178 Å². The third-order valence-electron chi connectivity index (χ3n) is 6.32. The first-order valence-electron chi connectivity index (χ1n) is 11.6. The molecule has 0 radical (unpaired) electrons. The van der Waals surface area contributed by atoms with Gasteiger partial charge in [-0.15, -0.1) is 0 Å². The van der Waals surface area contributed by atoms with E-state index in [1.807, 2.05) is 0 Å². The second-order valence-electron chi connectivity index (χ2n) is 8.49. The molecule has 0 spiro atoms. The summed E-state index contributed by atoms with van der Waals surface area (Å²) in [7, 11) is 0. The minimum Gasteiger partial charge on any atom is -0.0730 e. The van der Waals surface area contributed by atoms with Gasteiger partial charge in [0.05, 0.1) is 0 Å². The lowest BCUT2D eigenvalue weighted by atomic mass is 9.78. The number of allylic oxidation sites excluding steroid dienone is 2. The van der Waals surface area contributed by atoms with Gasteiger partial charge in [0.1, 0.15) is 0 Å². The summed E-state index contributed by atoms with van der Waals surface area (Å²) in [5.74, 6) is 7.97. The summed E-state index contributed by atoms with van der Waals surface area (Å²) in [6, 6.07) is 18.1. The molecule has 0 saturated heterocycles. The van der Waals surface area contributed by atoms with Crippen LogP contribution in [0.5, 0.6) is 0 Å². The predicted molar refractivity (Wildman–Crippen MR) is 126 cm³/mol. The van der Waals surface area contributed by atoms with E-state index in [0.717, 1.165) is 17.9 Å². The van der Waals surface area contributed by atoms with Gasteiger partial charge in [-0.1, -0.05) is 81.0 Å². The molecule has 0 heteroatoms. The Morgan fingerprint density at radius 1 is 0.828 bits per heavy atom. The molecule has 2 aromatic rings. The summed E-state index contributed by atoms with van der Waals surface area (Å²) in [4.78, 5) is 0.